The molecule has 0 bridgehead atoms. The first-order valence-electron chi connectivity index (χ1n) is 12.7. The molecule has 18 heteroatoms. The standard InChI is InChI=1S/C24H28N10O5S2.ClH/c1-2-39-31-17(14-12-41-24(26)28-14)20(35)29-18-21(36)34-19(23(37)38)13(11-40-22(18)34)10-32-8-9-33-16(32)5-4-15(30-33)27-7-3-6-25;/h4-5,8-9,12,18,22H,2-3,6-7,10-11,25H2,1H3,(H4-,26,27,28,29,30,35,37,38);1H/b31-17-;/t18-,22-;/m1./s1. The van der Waals surface area contributed by atoms with E-state index in [1.807, 2.05) is 16.7 Å². The van der Waals surface area contributed by atoms with Gasteiger partial charge in [-0.2, -0.15) is 0 Å². The van der Waals surface area contributed by atoms with E-state index in [1.165, 1.54) is 16.7 Å². The zero-order chi connectivity index (χ0) is 29.1. The van der Waals surface area contributed by atoms with Crippen molar-refractivity contribution in [2.24, 2.45) is 10.9 Å². The Kier molecular flexibility index (Phi) is 9.87. The van der Waals surface area contributed by atoms with E-state index < -0.39 is 29.2 Å². The lowest BCUT2D eigenvalue weighted by atomic mass is 10.0. The minimum Gasteiger partial charge on any atom is -0.543 e. The van der Waals surface area contributed by atoms with Crippen LogP contribution >= 0.6 is 35.5 Å². The first kappa shape index (κ1) is 31.0. The molecule has 2 aliphatic heterocycles. The maximum atomic E-state index is 13.2. The summed E-state index contributed by atoms with van der Waals surface area (Å²) in [5.41, 5.74) is 12.3. The van der Waals surface area contributed by atoms with Gasteiger partial charge in [0, 0.05) is 29.3 Å². The second kappa shape index (κ2) is 13.4. The molecule has 15 nitrogen and oxygen atoms in total. The molecule has 0 aliphatic carbocycles. The summed E-state index contributed by atoms with van der Waals surface area (Å²) >= 11 is 2.48. The molecule has 1 saturated heterocycles. The number of hydrogen-bond acceptors (Lipinski definition) is 13. The molecule has 0 saturated carbocycles. The number of carbonyl (C=O) groups is 3. The predicted octanol–water partition coefficient (Wildman–Crippen LogP) is -1.31. The number of nitrogens with two attached hydrogens (primary N) is 2. The van der Waals surface area contributed by atoms with Crippen molar-refractivity contribution in [2.75, 3.05) is 36.5 Å². The van der Waals surface area contributed by atoms with Gasteiger partial charge < -0.3 is 36.8 Å². The summed E-state index contributed by atoms with van der Waals surface area (Å²) in [6.07, 6.45) is 4.36. The minimum absolute atomic E-state index is 0. The van der Waals surface area contributed by atoms with Crippen molar-refractivity contribution in [3.8, 4) is 0 Å². The topological polar surface area (TPSA) is 209 Å². The van der Waals surface area contributed by atoms with E-state index in [1.54, 1.807) is 29.2 Å². The predicted molar refractivity (Wildman–Crippen MR) is 157 cm³/mol. The fourth-order valence-electron chi connectivity index (χ4n) is 4.47. The number of hydrogen-bond donors (Lipinski definition) is 4. The lowest BCUT2D eigenvalue weighted by molar-refractivity contribution is -0.662. The number of rotatable bonds is 12. The Bertz CT molecular complexity index is 1560. The number of β-lactam (4-membered cyclic amide) rings is 1. The first-order chi connectivity index (χ1) is 19.8. The molecule has 0 unspecified atom stereocenters. The van der Waals surface area contributed by atoms with E-state index in [2.05, 4.69) is 25.9 Å². The van der Waals surface area contributed by atoms with Crippen molar-refractivity contribution in [2.45, 2.75) is 31.3 Å². The number of carboxylic acid groups (broad SMARTS) is 1. The number of halogens is 1. The van der Waals surface area contributed by atoms with Crippen LogP contribution in [-0.4, -0.2) is 79.9 Å². The van der Waals surface area contributed by atoms with Crippen molar-refractivity contribution < 1.29 is 28.9 Å². The number of aliphatic carboxylic acids is 1. The summed E-state index contributed by atoms with van der Waals surface area (Å²) in [6, 6.07) is 2.73. The lowest BCUT2D eigenvalue weighted by Crippen LogP contribution is -2.71. The normalized spacial score (nSPS) is 18.3. The Balaban J connectivity index is 0.00000405. The van der Waals surface area contributed by atoms with Crippen LogP contribution in [0.2, 0.25) is 0 Å². The van der Waals surface area contributed by atoms with Gasteiger partial charge in [-0.3, -0.25) is 14.5 Å². The number of thiazole rings is 1. The number of anilines is 2. The monoisotopic (exact) mass is 636 g/mol. The zero-order valence-corrected chi connectivity index (χ0v) is 24.8. The van der Waals surface area contributed by atoms with E-state index in [4.69, 9.17) is 16.3 Å². The van der Waals surface area contributed by atoms with Crippen LogP contribution in [0, 0.1) is 0 Å². The van der Waals surface area contributed by atoms with Crippen molar-refractivity contribution in [1.29, 1.82) is 0 Å². The van der Waals surface area contributed by atoms with E-state index in [0.29, 0.717) is 30.2 Å². The van der Waals surface area contributed by atoms with E-state index >= 15 is 0 Å². The largest absolute Gasteiger partial charge is 0.543 e. The number of thioether (sulfide) groups is 1. The van der Waals surface area contributed by atoms with E-state index in [9.17, 15) is 19.5 Å². The number of oxime groups is 1. The smallest absolute Gasteiger partial charge is 0.307 e. The van der Waals surface area contributed by atoms with Crippen LogP contribution in [-0.2, 0) is 25.8 Å². The van der Waals surface area contributed by atoms with Gasteiger partial charge in [0.25, 0.3) is 11.8 Å². The van der Waals surface area contributed by atoms with Crippen LogP contribution in [0.5, 0.6) is 0 Å². The van der Waals surface area contributed by atoms with Gasteiger partial charge in [-0.05, 0) is 26.0 Å². The third kappa shape index (κ3) is 6.13. The first-order valence-corrected chi connectivity index (χ1v) is 14.7. The van der Waals surface area contributed by atoms with Crippen LogP contribution in [0.15, 0.2) is 46.3 Å². The molecule has 2 amide bonds. The molecule has 3 aromatic heterocycles. The number of carbonyl (C=O) groups excluding carboxylic acids is 3. The van der Waals surface area contributed by atoms with Crippen molar-refractivity contribution in [3.63, 3.8) is 0 Å². The van der Waals surface area contributed by atoms with Crippen LogP contribution < -0.4 is 31.8 Å². The molecule has 1 fully saturated rings. The Labute approximate surface area is 254 Å². The Morgan fingerprint density at radius 3 is 2.86 bits per heavy atom. The Morgan fingerprint density at radius 2 is 2.17 bits per heavy atom. The second-order valence-corrected chi connectivity index (χ2v) is 11.0. The number of carboxylic acids is 1. The molecule has 42 heavy (non-hydrogen) atoms. The quantitative estimate of drug-likeness (QED) is 0.0603. The van der Waals surface area contributed by atoms with E-state index in [0.717, 1.165) is 23.4 Å². The number of fused-ring (bicyclic) bond motifs is 2. The highest BCUT2D eigenvalue weighted by molar-refractivity contribution is 8.00. The van der Waals surface area contributed by atoms with Crippen molar-refractivity contribution >= 4 is 75.6 Å². The molecule has 3 aromatic rings. The molecule has 224 valence electrons. The number of aromatic nitrogens is 4. The fourth-order valence-corrected chi connectivity index (χ4v) is 6.36. The molecule has 0 radical (unpaired) electrons. The maximum Gasteiger partial charge on any atom is 0.307 e. The molecule has 0 aromatic carbocycles. The highest BCUT2D eigenvalue weighted by atomic mass is 35.5. The second-order valence-electron chi connectivity index (χ2n) is 9.05. The molecular weight excluding hydrogens is 608 g/mol. The highest BCUT2D eigenvalue weighted by Gasteiger charge is 2.53. The van der Waals surface area contributed by atoms with Gasteiger partial charge in [0.15, 0.2) is 22.9 Å². The van der Waals surface area contributed by atoms with Crippen molar-refractivity contribution in [3.05, 3.63) is 46.9 Å². The molecule has 5 heterocycles. The number of nitrogens with zero attached hydrogens (tertiary/aromatic N) is 6. The van der Waals surface area contributed by atoms with Crippen LogP contribution in [0.1, 0.15) is 19.0 Å². The summed E-state index contributed by atoms with van der Waals surface area (Å²) in [5.74, 6) is -1.72. The average Bonchev–Trinajstić information content (AvgIpc) is 3.57. The van der Waals surface area contributed by atoms with Gasteiger partial charge >= 0.3 is 5.65 Å². The summed E-state index contributed by atoms with van der Waals surface area (Å²) in [6.45, 7) is 3.40. The molecule has 0 spiro atoms. The Morgan fingerprint density at radius 1 is 1.36 bits per heavy atom. The zero-order valence-electron chi connectivity index (χ0n) is 22.4. The molecule has 6 N–H and O–H groups in total. The number of nitrogens with one attached hydrogen (secondary N) is 2. The maximum absolute atomic E-state index is 13.2. The van der Waals surface area contributed by atoms with Crippen LogP contribution in [0.4, 0.5) is 10.9 Å². The van der Waals surface area contributed by atoms with E-state index in [-0.39, 0.29) is 47.8 Å². The van der Waals surface area contributed by atoms with Gasteiger partial charge in [0.05, 0.1) is 11.7 Å². The van der Waals surface area contributed by atoms with Gasteiger partial charge in [-0.15, -0.1) is 35.5 Å². The van der Waals surface area contributed by atoms with Crippen molar-refractivity contribution in [1.82, 2.24) is 24.8 Å². The lowest BCUT2D eigenvalue weighted by Gasteiger charge is -2.50. The summed E-state index contributed by atoms with van der Waals surface area (Å²) in [5, 5.41) is 27.6. The molecule has 2 aliphatic rings. The average molecular weight is 637 g/mol. The fraction of sp³-hybridized carbons (Fsp3) is 0.375. The highest BCUT2D eigenvalue weighted by Crippen LogP contribution is 2.40. The number of nitrogen functional groups attached to an aromatic ring is 1. The number of imidazole rings is 1. The molecule has 5 rings (SSSR count). The SMILES string of the molecule is CCO/N=C(\C(=O)N[C@@H]1C(=O)N2C(C(=O)[O-])=C(C[n+]3ccn4nc(NCCCN)ccc43)CS[C@H]12)c1csc(N)n1.Cl. The van der Waals surface area contributed by atoms with Gasteiger partial charge in [-0.1, -0.05) is 14.8 Å². The number of amides is 2. The minimum atomic E-state index is -1.46. The van der Waals surface area contributed by atoms with Crippen LogP contribution in [0.25, 0.3) is 5.65 Å². The molecule has 2 atom stereocenters. The summed E-state index contributed by atoms with van der Waals surface area (Å²) in [4.78, 5) is 48.8. The van der Waals surface area contributed by atoms with Gasteiger partial charge in [-0.25, -0.2) is 9.55 Å². The third-order valence-corrected chi connectivity index (χ3v) is 8.38. The third-order valence-electron chi connectivity index (χ3n) is 6.36. The van der Waals surface area contributed by atoms with Gasteiger partial charge in [0.1, 0.15) is 36.5 Å². The van der Waals surface area contributed by atoms with Gasteiger partial charge in [0.2, 0.25) is 0 Å². The molecular formula is C24H29ClN10O5S2. The summed E-state index contributed by atoms with van der Waals surface area (Å²) in [7, 11) is 0. The summed E-state index contributed by atoms with van der Waals surface area (Å²) < 4.78 is 3.52. The van der Waals surface area contributed by atoms with Crippen LogP contribution in [0.3, 0.4) is 0 Å². The Hall–Kier alpha value is -3.93.